The number of hydrogen-bond acceptors (Lipinski definition) is 4. The number of pyridine rings is 1. The maximum atomic E-state index is 13.9. The average Bonchev–Trinajstić information content (AvgIpc) is 2.81. The summed E-state index contributed by atoms with van der Waals surface area (Å²) in [5, 5.41) is 0.649. The molecule has 2 N–H and O–H groups in total. The van der Waals surface area contributed by atoms with Crippen LogP contribution in [0.4, 0.5) is 4.39 Å². The first-order valence-electron chi connectivity index (χ1n) is 5.57. The van der Waals surface area contributed by atoms with Gasteiger partial charge in [-0.25, -0.2) is 14.4 Å². The Morgan fingerprint density at radius 1 is 1.35 bits per heavy atom. The number of carbonyl (C=O) groups excluding carboxylic acids is 1. The fraction of sp³-hybridized carbons (Fsp3) is 0. The van der Waals surface area contributed by atoms with Crippen molar-refractivity contribution in [3.05, 3.63) is 47.0 Å². The SMILES string of the molecule is NC(=O)c1nccc2nc(-c3c(F)cccc3Cl)sc12. The predicted octanol–water partition coefficient (Wildman–Crippen LogP) is 3.25. The number of thiazole rings is 1. The van der Waals surface area contributed by atoms with E-state index in [9.17, 15) is 9.18 Å². The van der Waals surface area contributed by atoms with Gasteiger partial charge in [0.2, 0.25) is 0 Å². The van der Waals surface area contributed by atoms with Gasteiger partial charge in [0.1, 0.15) is 16.5 Å². The van der Waals surface area contributed by atoms with Gasteiger partial charge in [-0.15, -0.1) is 11.3 Å². The number of nitrogens with zero attached hydrogens (tertiary/aromatic N) is 2. The highest BCUT2D eigenvalue weighted by Crippen LogP contribution is 2.36. The predicted molar refractivity (Wildman–Crippen MR) is 76.3 cm³/mol. The van der Waals surface area contributed by atoms with Crippen LogP contribution in [0.2, 0.25) is 5.02 Å². The third-order valence-corrected chi connectivity index (χ3v) is 4.12. The van der Waals surface area contributed by atoms with E-state index in [1.807, 2.05) is 0 Å². The van der Waals surface area contributed by atoms with Crippen LogP contribution in [0.1, 0.15) is 10.5 Å². The number of carbonyl (C=O) groups is 1. The number of halogens is 2. The van der Waals surface area contributed by atoms with E-state index in [0.29, 0.717) is 15.2 Å². The summed E-state index contributed by atoms with van der Waals surface area (Å²) in [5.41, 5.74) is 6.14. The van der Waals surface area contributed by atoms with Crippen LogP contribution in [-0.4, -0.2) is 15.9 Å². The molecule has 0 saturated carbocycles. The molecule has 20 heavy (non-hydrogen) atoms. The summed E-state index contributed by atoms with van der Waals surface area (Å²) in [5.74, 6) is -1.12. The summed E-state index contributed by atoms with van der Waals surface area (Å²) in [6.07, 6.45) is 1.44. The van der Waals surface area contributed by atoms with Gasteiger partial charge in [-0.3, -0.25) is 4.79 Å². The lowest BCUT2D eigenvalue weighted by atomic mass is 10.2. The Bertz CT molecular complexity index is 813. The lowest BCUT2D eigenvalue weighted by molar-refractivity contribution is 0.0997. The average molecular weight is 308 g/mol. The van der Waals surface area contributed by atoms with Crippen LogP contribution in [0.5, 0.6) is 0 Å². The first-order chi connectivity index (χ1) is 9.58. The van der Waals surface area contributed by atoms with E-state index < -0.39 is 11.7 Å². The third kappa shape index (κ3) is 2.03. The standard InChI is InChI=1S/C13H7ClFN3OS/c14-6-2-1-3-7(15)9(6)13-18-8-4-5-17-10(12(16)19)11(8)20-13/h1-5H,(H2,16,19). The Morgan fingerprint density at radius 3 is 2.85 bits per heavy atom. The summed E-state index contributed by atoms with van der Waals surface area (Å²) in [4.78, 5) is 19.6. The molecular formula is C13H7ClFN3OS. The van der Waals surface area contributed by atoms with Gasteiger partial charge in [-0.1, -0.05) is 17.7 Å². The van der Waals surface area contributed by atoms with Gasteiger partial charge in [0.25, 0.3) is 5.91 Å². The number of primary amides is 1. The second-order valence-corrected chi connectivity index (χ2v) is 5.39. The molecule has 1 aromatic carbocycles. The number of fused-ring (bicyclic) bond motifs is 1. The van der Waals surface area contributed by atoms with Crippen molar-refractivity contribution in [2.75, 3.05) is 0 Å². The van der Waals surface area contributed by atoms with Crippen LogP contribution < -0.4 is 5.73 Å². The maximum absolute atomic E-state index is 13.9. The smallest absolute Gasteiger partial charge is 0.268 e. The van der Waals surface area contributed by atoms with Gasteiger partial charge in [-0.05, 0) is 18.2 Å². The molecule has 2 heterocycles. The van der Waals surface area contributed by atoms with Crippen LogP contribution in [0.3, 0.4) is 0 Å². The fourth-order valence-electron chi connectivity index (χ4n) is 1.84. The lowest BCUT2D eigenvalue weighted by Gasteiger charge is -2.00. The minimum absolute atomic E-state index is 0.124. The van der Waals surface area contributed by atoms with E-state index in [1.165, 1.54) is 18.3 Å². The van der Waals surface area contributed by atoms with Gasteiger partial charge in [0.15, 0.2) is 0 Å². The largest absolute Gasteiger partial charge is 0.364 e. The van der Waals surface area contributed by atoms with Crippen molar-refractivity contribution in [3.63, 3.8) is 0 Å². The zero-order valence-electron chi connectivity index (χ0n) is 9.93. The molecule has 100 valence electrons. The molecule has 0 aliphatic carbocycles. The molecule has 3 rings (SSSR count). The van der Waals surface area contributed by atoms with Gasteiger partial charge in [0, 0.05) is 6.20 Å². The van der Waals surface area contributed by atoms with Crippen molar-refractivity contribution < 1.29 is 9.18 Å². The third-order valence-electron chi connectivity index (χ3n) is 2.71. The quantitative estimate of drug-likeness (QED) is 0.790. The second kappa shape index (κ2) is 4.81. The van der Waals surface area contributed by atoms with E-state index in [4.69, 9.17) is 17.3 Å². The zero-order valence-corrected chi connectivity index (χ0v) is 11.5. The van der Waals surface area contributed by atoms with Crippen LogP contribution in [-0.2, 0) is 0 Å². The van der Waals surface area contributed by atoms with Gasteiger partial charge < -0.3 is 5.73 Å². The number of nitrogens with two attached hydrogens (primary N) is 1. The van der Waals surface area contributed by atoms with Crippen molar-refractivity contribution >= 4 is 39.1 Å². The number of rotatable bonds is 2. The van der Waals surface area contributed by atoms with Crippen LogP contribution in [0.25, 0.3) is 20.8 Å². The molecule has 0 radical (unpaired) electrons. The highest BCUT2D eigenvalue weighted by atomic mass is 35.5. The van der Waals surface area contributed by atoms with Crippen LogP contribution in [0.15, 0.2) is 30.5 Å². The molecular weight excluding hydrogens is 301 g/mol. The minimum Gasteiger partial charge on any atom is -0.364 e. The first kappa shape index (κ1) is 13.0. The molecule has 0 spiro atoms. The fourth-order valence-corrected chi connectivity index (χ4v) is 3.26. The van der Waals surface area contributed by atoms with E-state index in [-0.39, 0.29) is 16.3 Å². The second-order valence-electron chi connectivity index (χ2n) is 3.99. The number of benzene rings is 1. The van der Waals surface area contributed by atoms with E-state index in [0.717, 1.165) is 11.3 Å². The van der Waals surface area contributed by atoms with Gasteiger partial charge in [-0.2, -0.15) is 0 Å². The molecule has 0 aliphatic heterocycles. The van der Waals surface area contributed by atoms with Crippen molar-refractivity contribution in [3.8, 4) is 10.6 Å². The molecule has 4 nitrogen and oxygen atoms in total. The Balaban J connectivity index is 2.29. The summed E-state index contributed by atoms with van der Waals surface area (Å²) < 4.78 is 14.4. The van der Waals surface area contributed by atoms with E-state index in [2.05, 4.69) is 9.97 Å². The molecule has 0 unspecified atom stereocenters. The first-order valence-corrected chi connectivity index (χ1v) is 6.77. The molecule has 0 saturated heterocycles. The lowest BCUT2D eigenvalue weighted by Crippen LogP contribution is -2.12. The summed E-state index contributed by atoms with van der Waals surface area (Å²) >= 11 is 7.15. The molecule has 0 bridgehead atoms. The molecule has 0 atom stereocenters. The van der Waals surface area contributed by atoms with Crippen molar-refractivity contribution in [2.45, 2.75) is 0 Å². The monoisotopic (exact) mass is 307 g/mol. The highest BCUT2D eigenvalue weighted by Gasteiger charge is 2.17. The minimum atomic E-state index is -0.648. The number of aromatic nitrogens is 2. The van der Waals surface area contributed by atoms with E-state index >= 15 is 0 Å². The molecule has 2 aromatic heterocycles. The van der Waals surface area contributed by atoms with Crippen molar-refractivity contribution in [1.82, 2.24) is 9.97 Å². The Hall–Kier alpha value is -2.05. The Morgan fingerprint density at radius 2 is 2.15 bits per heavy atom. The normalized spacial score (nSPS) is 10.9. The molecule has 1 amide bonds. The maximum Gasteiger partial charge on any atom is 0.268 e. The molecule has 0 fully saturated rings. The van der Waals surface area contributed by atoms with Crippen molar-refractivity contribution in [1.29, 1.82) is 0 Å². The molecule has 0 aliphatic rings. The summed E-state index contributed by atoms with van der Waals surface area (Å²) in [6, 6.07) is 6.04. The Kier molecular flexibility index (Phi) is 3.11. The van der Waals surface area contributed by atoms with E-state index in [1.54, 1.807) is 12.1 Å². The number of amides is 1. The van der Waals surface area contributed by atoms with Gasteiger partial charge >= 0.3 is 0 Å². The molecule has 3 aromatic rings. The topological polar surface area (TPSA) is 68.9 Å². The van der Waals surface area contributed by atoms with Gasteiger partial charge in [0.05, 0.1) is 20.8 Å². The Labute approximate surface area is 122 Å². The van der Waals surface area contributed by atoms with Crippen molar-refractivity contribution in [2.24, 2.45) is 5.73 Å². The zero-order chi connectivity index (χ0) is 14.3. The summed E-state index contributed by atoms with van der Waals surface area (Å²) in [6.45, 7) is 0. The summed E-state index contributed by atoms with van der Waals surface area (Å²) in [7, 11) is 0. The van der Waals surface area contributed by atoms with Crippen LogP contribution in [0, 0.1) is 5.82 Å². The van der Waals surface area contributed by atoms with Crippen LogP contribution >= 0.6 is 22.9 Å². The highest BCUT2D eigenvalue weighted by molar-refractivity contribution is 7.22. The number of hydrogen-bond donors (Lipinski definition) is 1. The molecule has 7 heteroatoms.